The van der Waals surface area contributed by atoms with E-state index in [1.165, 1.54) is 11.3 Å². The second kappa shape index (κ2) is 4.30. The maximum Gasteiger partial charge on any atom is 0.208 e. The second-order valence-corrected chi connectivity index (χ2v) is 7.13. The fourth-order valence-electron chi connectivity index (χ4n) is 2.49. The summed E-state index contributed by atoms with van der Waals surface area (Å²) in [7, 11) is 0. The van der Waals surface area contributed by atoms with Crippen molar-refractivity contribution in [2.24, 2.45) is 0 Å². The van der Waals surface area contributed by atoms with Crippen molar-refractivity contribution >= 4 is 16.5 Å². The number of hydrogen-bond donors (Lipinski definition) is 0. The summed E-state index contributed by atoms with van der Waals surface area (Å²) in [5.41, 5.74) is 2.73. The van der Waals surface area contributed by atoms with E-state index in [0.29, 0.717) is 0 Å². The van der Waals surface area contributed by atoms with E-state index in [-0.39, 0.29) is 5.54 Å². The Morgan fingerprint density at radius 1 is 1.26 bits per heavy atom. The summed E-state index contributed by atoms with van der Waals surface area (Å²) >= 11 is 1.66. The van der Waals surface area contributed by atoms with Gasteiger partial charge in [-0.05, 0) is 27.7 Å². The highest BCUT2D eigenvalue weighted by Gasteiger charge is 2.26. The van der Waals surface area contributed by atoms with Gasteiger partial charge in [0.05, 0.1) is 11.7 Å². The van der Waals surface area contributed by atoms with Crippen molar-refractivity contribution in [1.82, 2.24) is 20.0 Å². The van der Waals surface area contributed by atoms with E-state index in [0.717, 1.165) is 29.6 Å². The molecule has 1 aliphatic rings. The highest BCUT2D eigenvalue weighted by atomic mass is 32.1. The lowest BCUT2D eigenvalue weighted by Gasteiger charge is -2.29. The lowest BCUT2D eigenvalue weighted by Crippen LogP contribution is -2.33. The van der Waals surface area contributed by atoms with Crippen LogP contribution in [0.2, 0.25) is 0 Å². The summed E-state index contributed by atoms with van der Waals surface area (Å²) < 4.78 is 2.16. The third-order valence-corrected chi connectivity index (χ3v) is 4.26. The van der Waals surface area contributed by atoms with Crippen LogP contribution < -0.4 is 4.90 Å². The molecule has 0 fully saturated rings. The molecule has 3 rings (SSSR count). The minimum absolute atomic E-state index is 0.0507. The molecular weight excluding hydrogens is 258 g/mol. The van der Waals surface area contributed by atoms with E-state index in [1.54, 1.807) is 11.3 Å². The molecule has 0 radical (unpaired) electrons. The van der Waals surface area contributed by atoms with Crippen molar-refractivity contribution in [2.75, 3.05) is 11.4 Å². The number of rotatable bonds is 1. The van der Waals surface area contributed by atoms with Gasteiger partial charge < -0.3 is 4.90 Å². The largest absolute Gasteiger partial charge is 0.342 e. The number of anilines is 1. The normalized spacial score (nSPS) is 15.7. The average Bonchev–Trinajstić information content (AvgIpc) is 2.92. The van der Waals surface area contributed by atoms with Crippen LogP contribution in [0.5, 0.6) is 0 Å². The lowest BCUT2D eigenvalue weighted by atomic mass is 10.0. The Kier molecular flexibility index (Phi) is 2.85. The topological polar surface area (TPSA) is 46.8 Å². The van der Waals surface area contributed by atoms with Crippen LogP contribution in [0.25, 0.3) is 0 Å². The Balaban J connectivity index is 1.88. The molecule has 0 saturated heterocycles. The predicted octanol–water partition coefficient (Wildman–Crippen LogP) is 2.36. The second-order valence-electron chi connectivity index (χ2n) is 5.97. The number of aryl methyl sites for hydroxylation is 1. The van der Waals surface area contributed by atoms with Crippen LogP contribution in [0.1, 0.15) is 37.0 Å². The molecule has 0 aromatic carbocycles. The molecule has 6 heteroatoms. The zero-order valence-electron chi connectivity index (χ0n) is 11.8. The van der Waals surface area contributed by atoms with Gasteiger partial charge in [0.2, 0.25) is 5.13 Å². The van der Waals surface area contributed by atoms with Crippen molar-refractivity contribution in [2.45, 2.75) is 46.2 Å². The van der Waals surface area contributed by atoms with Crippen molar-refractivity contribution < 1.29 is 0 Å². The molecule has 0 amide bonds. The van der Waals surface area contributed by atoms with Crippen molar-refractivity contribution in [3.05, 3.63) is 22.5 Å². The van der Waals surface area contributed by atoms with Crippen LogP contribution >= 0.6 is 11.3 Å². The van der Waals surface area contributed by atoms with Crippen molar-refractivity contribution in [3.63, 3.8) is 0 Å². The van der Waals surface area contributed by atoms with Gasteiger partial charge in [-0.15, -0.1) is 10.2 Å². The van der Waals surface area contributed by atoms with E-state index >= 15 is 0 Å². The first kappa shape index (κ1) is 12.6. The number of hydrogen-bond acceptors (Lipinski definition) is 5. The fraction of sp³-hybridized carbons (Fsp3) is 0.615. The fourth-order valence-corrected chi connectivity index (χ4v) is 3.20. The first-order valence-corrected chi connectivity index (χ1v) is 7.38. The zero-order chi connectivity index (χ0) is 13.6. The third kappa shape index (κ3) is 2.25. The summed E-state index contributed by atoms with van der Waals surface area (Å²) in [4.78, 5) is 2.29. The van der Waals surface area contributed by atoms with Crippen molar-refractivity contribution in [1.29, 1.82) is 0 Å². The van der Waals surface area contributed by atoms with Gasteiger partial charge in [-0.3, -0.25) is 4.68 Å². The van der Waals surface area contributed by atoms with Gasteiger partial charge in [-0.25, -0.2) is 0 Å². The Labute approximate surface area is 117 Å². The quantitative estimate of drug-likeness (QED) is 0.803. The molecule has 3 heterocycles. The summed E-state index contributed by atoms with van der Waals surface area (Å²) in [6.45, 7) is 10.5. The number of nitrogens with zero attached hydrogens (tertiary/aromatic N) is 5. The van der Waals surface area contributed by atoms with Gasteiger partial charge in [-0.2, -0.15) is 5.10 Å². The summed E-state index contributed by atoms with van der Waals surface area (Å²) in [5, 5.41) is 14.9. The van der Waals surface area contributed by atoms with E-state index in [1.807, 2.05) is 13.1 Å². The molecule has 0 unspecified atom stereocenters. The highest BCUT2D eigenvalue weighted by Crippen LogP contribution is 2.28. The van der Waals surface area contributed by atoms with Gasteiger partial charge in [0.1, 0.15) is 5.01 Å². The molecule has 19 heavy (non-hydrogen) atoms. The van der Waals surface area contributed by atoms with Crippen LogP contribution in [0.3, 0.4) is 0 Å². The third-order valence-electron chi connectivity index (χ3n) is 3.36. The Morgan fingerprint density at radius 3 is 2.68 bits per heavy atom. The minimum atomic E-state index is 0.0507. The molecule has 2 aromatic rings. The highest BCUT2D eigenvalue weighted by molar-refractivity contribution is 7.15. The van der Waals surface area contributed by atoms with Crippen LogP contribution in [0, 0.1) is 6.92 Å². The lowest BCUT2D eigenvalue weighted by molar-refractivity contribution is 0.341. The Hall–Kier alpha value is -1.43. The molecule has 1 aliphatic heterocycles. The molecule has 5 nitrogen and oxygen atoms in total. The first-order chi connectivity index (χ1) is 8.95. The molecule has 0 bridgehead atoms. The van der Waals surface area contributed by atoms with Gasteiger partial charge >= 0.3 is 0 Å². The molecular formula is C13H19N5S. The maximum atomic E-state index is 4.56. The van der Waals surface area contributed by atoms with Crippen molar-refractivity contribution in [3.8, 4) is 0 Å². The molecule has 0 saturated carbocycles. The van der Waals surface area contributed by atoms with Gasteiger partial charge in [0.15, 0.2) is 0 Å². The minimum Gasteiger partial charge on any atom is -0.342 e. The smallest absolute Gasteiger partial charge is 0.208 e. The number of fused-ring (bicyclic) bond motifs is 1. The Morgan fingerprint density at radius 2 is 2.05 bits per heavy atom. The standard InChI is InChI=1S/C13H19N5S/c1-9-15-16-12(19-9)17-6-5-11-10(8-17)7-14-18(11)13(2,3)4/h7H,5-6,8H2,1-4H3. The molecule has 0 aliphatic carbocycles. The van der Waals surface area contributed by atoms with Gasteiger partial charge in [0, 0.05) is 30.8 Å². The molecule has 2 aromatic heterocycles. The van der Waals surface area contributed by atoms with Gasteiger partial charge in [-0.1, -0.05) is 11.3 Å². The zero-order valence-corrected chi connectivity index (χ0v) is 12.7. The molecule has 102 valence electrons. The van der Waals surface area contributed by atoms with E-state index in [9.17, 15) is 0 Å². The van der Waals surface area contributed by atoms with Crippen LogP contribution in [-0.4, -0.2) is 26.5 Å². The first-order valence-electron chi connectivity index (χ1n) is 6.56. The Bertz CT molecular complexity index is 592. The van der Waals surface area contributed by atoms with E-state index < -0.39 is 0 Å². The predicted molar refractivity (Wildman–Crippen MR) is 76.6 cm³/mol. The monoisotopic (exact) mass is 277 g/mol. The molecule has 0 N–H and O–H groups in total. The summed E-state index contributed by atoms with van der Waals surface area (Å²) in [6, 6.07) is 0. The summed E-state index contributed by atoms with van der Waals surface area (Å²) in [6.07, 6.45) is 3.02. The maximum absolute atomic E-state index is 4.56. The average molecular weight is 277 g/mol. The van der Waals surface area contributed by atoms with Crippen LogP contribution in [-0.2, 0) is 18.5 Å². The van der Waals surface area contributed by atoms with Crippen LogP contribution in [0.15, 0.2) is 6.20 Å². The number of aromatic nitrogens is 4. The van der Waals surface area contributed by atoms with E-state index in [2.05, 4.69) is 45.6 Å². The van der Waals surface area contributed by atoms with Crippen LogP contribution in [0.4, 0.5) is 5.13 Å². The SMILES string of the molecule is Cc1nnc(N2CCc3c(cnn3C(C)(C)C)C2)s1. The molecule has 0 spiro atoms. The van der Waals surface area contributed by atoms with Gasteiger partial charge in [0.25, 0.3) is 0 Å². The molecule has 0 atom stereocenters. The van der Waals surface area contributed by atoms with E-state index in [4.69, 9.17) is 0 Å². The summed E-state index contributed by atoms with van der Waals surface area (Å²) in [5.74, 6) is 0.